The molecule has 1 N–H and O–H groups in total. The van der Waals surface area contributed by atoms with Crippen LogP contribution in [0.1, 0.15) is 51.9 Å². The van der Waals surface area contributed by atoms with Gasteiger partial charge in [-0.3, -0.25) is 4.79 Å². The van der Waals surface area contributed by atoms with Crippen LogP contribution in [0, 0.1) is 0 Å². The second-order valence-corrected chi connectivity index (χ2v) is 8.65. The first-order chi connectivity index (χ1) is 12.0. The number of nitrogens with zero attached hydrogens (tertiary/aromatic N) is 1. The normalized spacial score (nSPS) is 21.8. The van der Waals surface area contributed by atoms with E-state index in [1.807, 2.05) is 0 Å². The van der Waals surface area contributed by atoms with Crippen LogP contribution in [0.25, 0.3) is 0 Å². The Kier molecular flexibility index (Phi) is 5.64. The highest BCUT2D eigenvalue weighted by Crippen LogP contribution is 2.34. The summed E-state index contributed by atoms with van der Waals surface area (Å²) in [4.78, 5) is 12.4. The lowest BCUT2D eigenvalue weighted by Crippen LogP contribution is -2.37. The lowest BCUT2D eigenvalue weighted by molar-refractivity contribution is -0.123. The number of amides is 1. The van der Waals surface area contributed by atoms with Crippen molar-refractivity contribution in [2.24, 2.45) is 0 Å². The highest BCUT2D eigenvalue weighted by atomic mass is 32.2. The van der Waals surface area contributed by atoms with E-state index in [2.05, 4.69) is 12.2 Å². The zero-order chi connectivity index (χ0) is 17.9. The van der Waals surface area contributed by atoms with Crippen LogP contribution in [-0.2, 0) is 14.8 Å². The maximum Gasteiger partial charge on any atom is 0.265 e. The number of ether oxygens (including phenoxy) is 1. The van der Waals surface area contributed by atoms with Crippen molar-refractivity contribution >= 4 is 21.6 Å². The van der Waals surface area contributed by atoms with Gasteiger partial charge in [0.05, 0.1) is 10.6 Å². The maximum absolute atomic E-state index is 12.9. The molecule has 138 valence electrons. The average Bonchev–Trinajstić information content (AvgIpc) is 2.89. The second kappa shape index (κ2) is 7.74. The molecule has 7 heteroatoms. The van der Waals surface area contributed by atoms with E-state index in [0.717, 1.165) is 38.5 Å². The Morgan fingerprint density at radius 1 is 1.20 bits per heavy atom. The van der Waals surface area contributed by atoms with Crippen LogP contribution >= 0.6 is 0 Å². The van der Waals surface area contributed by atoms with Crippen LogP contribution < -0.4 is 10.1 Å². The fourth-order valence-corrected chi connectivity index (χ4v) is 4.84. The van der Waals surface area contributed by atoms with Gasteiger partial charge in [0.25, 0.3) is 5.91 Å². The Bertz CT molecular complexity index is 725. The molecule has 0 spiro atoms. The number of anilines is 1. The van der Waals surface area contributed by atoms with E-state index < -0.39 is 16.1 Å². The van der Waals surface area contributed by atoms with Crippen LogP contribution in [0.3, 0.4) is 0 Å². The van der Waals surface area contributed by atoms with Gasteiger partial charge in [0.1, 0.15) is 5.75 Å². The number of sulfonamides is 1. The molecule has 0 radical (unpaired) electrons. The van der Waals surface area contributed by atoms with Crippen LogP contribution in [0.5, 0.6) is 5.75 Å². The predicted molar refractivity (Wildman–Crippen MR) is 96.2 cm³/mol. The third-order valence-corrected chi connectivity index (χ3v) is 6.69. The second-order valence-electron chi connectivity index (χ2n) is 6.71. The van der Waals surface area contributed by atoms with E-state index in [9.17, 15) is 13.2 Å². The number of hydrogen-bond donors (Lipinski definition) is 1. The molecule has 0 saturated carbocycles. The lowest BCUT2D eigenvalue weighted by Gasteiger charge is -2.27. The molecule has 1 saturated heterocycles. The van der Waals surface area contributed by atoms with Crippen LogP contribution in [0.2, 0.25) is 0 Å². The average molecular weight is 366 g/mol. The number of fused-ring (bicyclic) bond motifs is 1. The fraction of sp³-hybridized carbons (Fsp3) is 0.611. The van der Waals surface area contributed by atoms with Gasteiger partial charge >= 0.3 is 0 Å². The Balaban J connectivity index is 1.81. The third kappa shape index (κ3) is 3.98. The monoisotopic (exact) mass is 366 g/mol. The van der Waals surface area contributed by atoms with Gasteiger partial charge < -0.3 is 10.1 Å². The van der Waals surface area contributed by atoms with Crippen molar-refractivity contribution in [3.63, 3.8) is 0 Å². The quantitative estimate of drug-likeness (QED) is 0.869. The van der Waals surface area contributed by atoms with Crippen LogP contribution in [0.4, 0.5) is 5.69 Å². The predicted octanol–water partition coefficient (Wildman–Crippen LogP) is 3.14. The van der Waals surface area contributed by atoms with E-state index in [4.69, 9.17) is 4.74 Å². The number of hydrogen-bond acceptors (Lipinski definition) is 4. The van der Waals surface area contributed by atoms with E-state index >= 15 is 0 Å². The summed E-state index contributed by atoms with van der Waals surface area (Å²) in [6, 6.07) is 4.75. The van der Waals surface area contributed by atoms with Crippen LogP contribution in [0.15, 0.2) is 23.1 Å². The molecule has 6 nitrogen and oxygen atoms in total. The summed E-state index contributed by atoms with van der Waals surface area (Å²) in [5.74, 6) is 0.334. The molecule has 0 bridgehead atoms. The van der Waals surface area contributed by atoms with Gasteiger partial charge in [0.2, 0.25) is 10.0 Å². The van der Waals surface area contributed by atoms with Gasteiger partial charge in [-0.25, -0.2) is 8.42 Å². The third-order valence-electron chi connectivity index (χ3n) is 4.79. The summed E-state index contributed by atoms with van der Waals surface area (Å²) < 4.78 is 33.1. The van der Waals surface area contributed by atoms with Crippen molar-refractivity contribution in [1.82, 2.24) is 4.31 Å². The summed E-state index contributed by atoms with van der Waals surface area (Å²) in [7, 11) is -3.54. The standard InChI is InChI=1S/C18H26N2O4S/c1-2-3-8-17-18(21)19-15-13-14(9-10-16(15)24-17)25(22,23)20-11-6-4-5-7-12-20/h9-10,13,17H,2-8,11-12H2,1H3,(H,19,21)/t17-/m1/s1. The van der Waals surface area contributed by atoms with Crippen molar-refractivity contribution in [3.05, 3.63) is 18.2 Å². The molecular weight excluding hydrogens is 340 g/mol. The molecule has 3 rings (SSSR count). The number of rotatable bonds is 5. The van der Waals surface area contributed by atoms with Crippen molar-refractivity contribution < 1.29 is 17.9 Å². The zero-order valence-corrected chi connectivity index (χ0v) is 15.5. The maximum atomic E-state index is 12.9. The first-order valence-electron chi connectivity index (χ1n) is 9.14. The number of carbonyl (C=O) groups excluding carboxylic acids is 1. The molecular formula is C18H26N2O4S. The molecule has 2 aliphatic rings. The van der Waals surface area contributed by atoms with Crippen molar-refractivity contribution in [3.8, 4) is 5.75 Å². The Morgan fingerprint density at radius 3 is 2.60 bits per heavy atom. The Labute approximate surface area is 149 Å². The first-order valence-corrected chi connectivity index (χ1v) is 10.6. The van der Waals surface area contributed by atoms with Gasteiger partial charge in [0, 0.05) is 13.1 Å². The molecule has 0 aromatic heterocycles. The molecule has 1 atom stereocenters. The zero-order valence-electron chi connectivity index (χ0n) is 14.7. The molecule has 1 amide bonds. The number of carbonyl (C=O) groups is 1. The van der Waals surface area contributed by atoms with Crippen molar-refractivity contribution in [2.45, 2.75) is 62.9 Å². The summed E-state index contributed by atoms with van der Waals surface area (Å²) in [6.45, 7) is 3.18. The summed E-state index contributed by atoms with van der Waals surface area (Å²) in [5.41, 5.74) is 0.439. The topological polar surface area (TPSA) is 75.7 Å². The molecule has 1 fully saturated rings. The van der Waals surface area contributed by atoms with Gasteiger partial charge in [-0.15, -0.1) is 0 Å². The summed E-state index contributed by atoms with van der Waals surface area (Å²) >= 11 is 0. The van der Waals surface area contributed by atoms with Gasteiger partial charge in [-0.05, 0) is 43.9 Å². The van der Waals surface area contributed by atoms with E-state index in [1.54, 1.807) is 16.4 Å². The highest BCUT2D eigenvalue weighted by molar-refractivity contribution is 7.89. The molecule has 2 aliphatic heterocycles. The molecule has 1 aromatic carbocycles. The number of nitrogens with one attached hydrogen (secondary N) is 1. The van der Waals surface area contributed by atoms with Crippen molar-refractivity contribution in [2.75, 3.05) is 18.4 Å². The Hall–Kier alpha value is -1.60. The first kappa shape index (κ1) is 18.2. The molecule has 0 aliphatic carbocycles. The van der Waals surface area contributed by atoms with Crippen LogP contribution in [-0.4, -0.2) is 37.8 Å². The largest absolute Gasteiger partial charge is 0.478 e. The van der Waals surface area contributed by atoms with E-state index in [0.29, 0.717) is 30.9 Å². The summed E-state index contributed by atoms with van der Waals surface area (Å²) in [6.07, 6.45) is 5.99. The molecule has 2 heterocycles. The van der Waals surface area contributed by atoms with Crippen molar-refractivity contribution in [1.29, 1.82) is 0 Å². The highest BCUT2D eigenvalue weighted by Gasteiger charge is 2.30. The molecule has 1 aromatic rings. The molecule has 0 unspecified atom stereocenters. The van der Waals surface area contributed by atoms with Gasteiger partial charge in [0.15, 0.2) is 6.10 Å². The minimum atomic E-state index is -3.54. The lowest BCUT2D eigenvalue weighted by atomic mass is 10.1. The van der Waals surface area contributed by atoms with Gasteiger partial charge in [-0.1, -0.05) is 26.2 Å². The smallest absolute Gasteiger partial charge is 0.265 e. The van der Waals surface area contributed by atoms with E-state index in [-0.39, 0.29) is 10.8 Å². The number of benzene rings is 1. The minimum Gasteiger partial charge on any atom is -0.478 e. The molecule has 25 heavy (non-hydrogen) atoms. The van der Waals surface area contributed by atoms with Gasteiger partial charge in [-0.2, -0.15) is 4.31 Å². The fourth-order valence-electron chi connectivity index (χ4n) is 3.30. The van der Waals surface area contributed by atoms with E-state index in [1.165, 1.54) is 6.07 Å². The number of unbranched alkanes of at least 4 members (excludes halogenated alkanes) is 1. The SMILES string of the molecule is CCCC[C@H]1Oc2ccc(S(=O)(=O)N3CCCCCC3)cc2NC1=O. The summed E-state index contributed by atoms with van der Waals surface area (Å²) in [5, 5.41) is 2.80. The minimum absolute atomic E-state index is 0.203. The Morgan fingerprint density at radius 2 is 1.92 bits per heavy atom.